The van der Waals surface area contributed by atoms with E-state index in [0.717, 1.165) is 0 Å². The molecule has 2 aromatic rings. The Kier molecular flexibility index (Phi) is 4.28. The molecule has 0 saturated carbocycles. The van der Waals surface area contributed by atoms with Gasteiger partial charge in [0.1, 0.15) is 5.56 Å². The van der Waals surface area contributed by atoms with Crippen molar-refractivity contribution < 1.29 is 19.1 Å². The summed E-state index contributed by atoms with van der Waals surface area (Å²) in [6, 6.07) is 6.68. The average molecular weight is 309 g/mol. The number of ether oxygens (including phenoxy) is 2. The van der Waals surface area contributed by atoms with Crippen molar-refractivity contribution in [2.45, 2.75) is 6.92 Å². The largest absolute Gasteiger partial charge is 0.465 e. The lowest BCUT2D eigenvalue weighted by atomic mass is 10.2. The molecule has 0 unspecified atom stereocenters. The first kappa shape index (κ1) is 15.1. The summed E-state index contributed by atoms with van der Waals surface area (Å²) in [6.45, 7) is 1.62. The summed E-state index contributed by atoms with van der Waals surface area (Å²) in [7, 11) is 2.47. The van der Waals surface area contributed by atoms with E-state index in [1.807, 2.05) is 0 Å². The molecule has 0 radical (unpaired) electrons. The quantitative estimate of drug-likeness (QED) is 0.814. The lowest BCUT2D eigenvalue weighted by Gasteiger charge is -2.07. The van der Waals surface area contributed by atoms with Gasteiger partial charge in [-0.3, -0.25) is 0 Å². The number of aromatic nitrogens is 2. The van der Waals surface area contributed by atoms with Gasteiger partial charge in [0.2, 0.25) is 0 Å². The Labute approximate surface area is 126 Å². The van der Waals surface area contributed by atoms with Crippen LogP contribution >= 0.6 is 11.6 Å². The summed E-state index contributed by atoms with van der Waals surface area (Å²) in [4.78, 5) is 23.9. The van der Waals surface area contributed by atoms with Crippen LogP contribution < -0.4 is 0 Å². The van der Waals surface area contributed by atoms with Gasteiger partial charge in [0, 0.05) is 5.02 Å². The van der Waals surface area contributed by atoms with E-state index >= 15 is 0 Å². The Morgan fingerprint density at radius 3 is 2.19 bits per heavy atom. The molecule has 0 fully saturated rings. The first-order valence-corrected chi connectivity index (χ1v) is 6.39. The molecule has 0 bridgehead atoms. The van der Waals surface area contributed by atoms with Gasteiger partial charge in [0.05, 0.1) is 25.6 Å². The number of esters is 2. The van der Waals surface area contributed by atoms with Crippen LogP contribution in [0, 0.1) is 6.92 Å². The minimum atomic E-state index is -0.675. The molecular formula is C14H13ClN2O4. The predicted molar refractivity (Wildman–Crippen MR) is 76.0 cm³/mol. The third kappa shape index (κ3) is 2.75. The summed E-state index contributed by atoms with van der Waals surface area (Å²) < 4.78 is 10.8. The van der Waals surface area contributed by atoms with E-state index in [9.17, 15) is 9.59 Å². The highest BCUT2D eigenvalue weighted by atomic mass is 35.5. The maximum atomic E-state index is 12.0. The first-order valence-electron chi connectivity index (χ1n) is 6.01. The Morgan fingerprint density at radius 1 is 1.10 bits per heavy atom. The zero-order valence-electron chi connectivity index (χ0n) is 11.7. The molecule has 0 amide bonds. The summed E-state index contributed by atoms with van der Waals surface area (Å²) in [6.07, 6.45) is 0. The van der Waals surface area contributed by atoms with Gasteiger partial charge in [0.25, 0.3) is 0 Å². The summed E-state index contributed by atoms with van der Waals surface area (Å²) >= 11 is 5.84. The molecule has 1 aromatic heterocycles. The van der Waals surface area contributed by atoms with Crippen molar-refractivity contribution >= 4 is 23.5 Å². The van der Waals surface area contributed by atoms with Crippen LogP contribution in [0.1, 0.15) is 26.5 Å². The molecule has 7 heteroatoms. The fraction of sp³-hybridized carbons (Fsp3) is 0.214. The Morgan fingerprint density at radius 2 is 1.67 bits per heavy atom. The minimum absolute atomic E-state index is 0.0178. The molecule has 0 spiro atoms. The van der Waals surface area contributed by atoms with Gasteiger partial charge in [-0.25, -0.2) is 14.3 Å². The van der Waals surface area contributed by atoms with Crippen molar-refractivity contribution in [3.63, 3.8) is 0 Å². The molecule has 0 atom stereocenters. The Hall–Kier alpha value is -2.34. The molecule has 0 N–H and O–H groups in total. The fourth-order valence-corrected chi connectivity index (χ4v) is 2.05. The van der Waals surface area contributed by atoms with Crippen LogP contribution in [0.2, 0.25) is 5.02 Å². The van der Waals surface area contributed by atoms with E-state index in [1.165, 1.54) is 18.9 Å². The smallest absolute Gasteiger partial charge is 0.357 e. The molecule has 0 aliphatic heterocycles. The molecule has 110 valence electrons. The summed E-state index contributed by atoms with van der Waals surface area (Å²) in [5.74, 6) is -1.32. The topological polar surface area (TPSA) is 70.4 Å². The zero-order valence-corrected chi connectivity index (χ0v) is 12.5. The van der Waals surface area contributed by atoms with Crippen molar-refractivity contribution in [3.05, 3.63) is 46.2 Å². The molecule has 0 aliphatic carbocycles. The summed E-state index contributed by atoms with van der Waals surface area (Å²) in [5.41, 5.74) is 1.05. The van der Waals surface area contributed by atoms with E-state index in [1.54, 1.807) is 31.2 Å². The van der Waals surface area contributed by atoms with Gasteiger partial charge in [-0.05, 0) is 31.2 Å². The number of hydrogen-bond acceptors (Lipinski definition) is 5. The van der Waals surface area contributed by atoms with E-state index in [0.29, 0.717) is 16.4 Å². The van der Waals surface area contributed by atoms with Gasteiger partial charge < -0.3 is 9.47 Å². The number of carbonyl (C=O) groups excluding carboxylic acids is 2. The van der Waals surface area contributed by atoms with Crippen LogP contribution in [0.4, 0.5) is 0 Å². The molecular weight excluding hydrogens is 296 g/mol. The second kappa shape index (κ2) is 5.97. The van der Waals surface area contributed by atoms with Gasteiger partial charge in [-0.15, -0.1) is 0 Å². The monoisotopic (exact) mass is 308 g/mol. The number of carbonyl (C=O) groups is 2. The van der Waals surface area contributed by atoms with Crippen molar-refractivity contribution in [3.8, 4) is 5.69 Å². The Balaban J connectivity index is 2.69. The molecule has 1 heterocycles. The molecule has 0 saturated heterocycles. The molecule has 1 aromatic carbocycles. The van der Waals surface area contributed by atoms with E-state index < -0.39 is 11.9 Å². The highest BCUT2D eigenvalue weighted by Gasteiger charge is 2.28. The van der Waals surface area contributed by atoms with E-state index in [-0.39, 0.29) is 11.3 Å². The van der Waals surface area contributed by atoms with Gasteiger partial charge in [0.15, 0.2) is 5.69 Å². The van der Waals surface area contributed by atoms with Gasteiger partial charge >= 0.3 is 11.9 Å². The van der Waals surface area contributed by atoms with Crippen molar-refractivity contribution in [1.29, 1.82) is 0 Å². The lowest BCUT2D eigenvalue weighted by Crippen LogP contribution is -2.15. The van der Waals surface area contributed by atoms with Crippen LogP contribution in [0.25, 0.3) is 5.69 Å². The zero-order chi connectivity index (χ0) is 15.6. The van der Waals surface area contributed by atoms with Crippen molar-refractivity contribution in [1.82, 2.24) is 9.78 Å². The predicted octanol–water partition coefficient (Wildman–Crippen LogP) is 2.41. The number of aryl methyl sites for hydroxylation is 1. The Bertz CT molecular complexity index is 692. The van der Waals surface area contributed by atoms with Gasteiger partial charge in [-0.1, -0.05) is 11.6 Å². The minimum Gasteiger partial charge on any atom is -0.465 e. The van der Waals surface area contributed by atoms with Crippen LogP contribution in [0.15, 0.2) is 24.3 Å². The molecule has 6 nitrogen and oxygen atoms in total. The van der Waals surface area contributed by atoms with Crippen LogP contribution in [-0.4, -0.2) is 35.9 Å². The van der Waals surface area contributed by atoms with Crippen LogP contribution in [0.3, 0.4) is 0 Å². The maximum absolute atomic E-state index is 12.0. The standard InChI is InChI=1S/C14H13ClN2O4/c1-8-11(13(18)20-2)12(14(19)21-3)17(16-8)10-6-4-9(15)5-7-10/h4-7H,1-3H3. The van der Waals surface area contributed by atoms with Crippen LogP contribution in [-0.2, 0) is 9.47 Å². The average Bonchev–Trinajstić information content (AvgIpc) is 2.83. The molecule has 2 rings (SSSR count). The number of halogens is 1. The second-order valence-corrected chi connectivity index (χ2v) is 4.62. The number of nitrogens with zero attached hydrogens (tertiary/aromatic N) is 2. The van der Waals surface area contributed by atoms with Crippen molar-refractivity contribution in [2.24, 2.45) is 0 Å². The highest BCUT2D eigenvalue weighted by molar-refractivity contribution is 6.30. The van der Waals surface area contributed by atoms with E-state index in [2.05, 4.69) is 5.10 Å². The number of methoxy groups -OCH3 is 2. The normalized spacial score (nSPS) is 10.3. The number of benzene rings is 1. The highest BCUT2D eigenvalue weighted by Crippen LogP contribution is 2.21. The van der Waals surface area contributed by atoms with E-state index in [4.69, 9.17) is 21.1 Å². The SMILES string of the molecule is COC(=O)c1c(C)nn(-c2ccc(Cl)cc2)c1C(=O)OC. The van der Waals surface area contributed by atoms with Crippen molar-refractivity contribution in [2.75, 3.05) is 14.2 Å². The molecule has 21 heavy (non-hydrogen) atoms. The fourth-order valence-electron chi connectivity index (χ4n) is 1.93. The van der Waals surface area contributed by atoms with Crippen LogP contribution in [0.5, 0.6) is 0 Å². The maximum Gasteiger partial charge on any atom is 0.357 e. The van der Waals surface area contributed by atoms with Gasteiger partial charge in [-0.2, -0.15) is 5.10 Å². The molecule has 0 aliphatic rings. The third-order valence-corrected chi connectivity index (χ3v) is 3.15. The summed E-state index contributed by atoms with van der Waals surface area (Å²) in [5, 5.41) is 4.77. The second-order valence-electron chi connectivity index (χ2n) is 4.18. The number of rotatable bonds is 3. The number of hydrogen-bond donors (Lipinski definition) is 0. The third-order valence-electron chi connectivity index (χ3n) is 2.90. The first-order chi connectivity index (χ1) is 9.99. The lowest BCUT2D eigenvalue weighted by molar-refractivity contribution is 0.0549.